The molecule has 0 saturated carbocycles. The molecule has 4 nitrogen and oxygen atoms in total. The minimum Gasteiger partial charge on any atom is -0.355 e. The Kier molecular flexibility index (Phi) is 4.22. The van der Waals surface area contributed by atoms with Crippen LogP contribution in [-0.2, 0) is 0 Å². The van der Waals surface area contributed by atoms with Crippen LogP contribution in [0.2, 0.25) is 0 Å². The molecular formula is C20H23N3O. The molecule has 2 N–H and O–H groups in total. The van der Waals surface area contributed by atoms with Gasteiger partial charge in [0.05, 0.1) is 11.3 Å². The normalized spacial score (nSPS) is 22.9. The molecule has 2 aliphatic rings. The second-order valence-electron chi connectivity index (χ2n) is 6.63. The van der Waals surface area contributed by atoms with E-state index >= 15 is 0 Å². The van der Waals surface area contributed by atoms with Crippen molar-refractivity contribution in [2.75, 3.05) is 18.4 Å². The molecule has 4 rings (SSSR count). The quantitative estimate of drug-likeness (QED) is 0.911. The average molecular weight is 321 g/mol. The van der Waals surface area contributed by atoms with Crippen LogP contribution >= 0.6 is 0 Å². The molecule has 0 spiro atoms. The Hall–Kier alpha value is -2.33. The van der Waals surface area contributed by atoms with Crippen molar-refractivity contribution in [1.29, 1.82) is 0 Å². The first kappa shape index (κ1) is 15.2. The molecule has 1 amide bonds. The summed E-state index contributed by atoms with van der Waals surface area (Å²) in [5.41, 5.74) is 2.64. The highest BCUT2D eigenvalue weighted by Crippen LogP contribution is 2.31. The molecule has 2 fully saturated rings. The van der Waals surface area contributed by atoms with Crippen LogP contribution in [0.15, 0.2) is 54.6 Å². The molecule has 124 valence electrons. The van der Waals surface area contributed by atoms with E-state index in [1.807, 2.05) is 54.6 Å². The highest BCUT2D eigenvalue weighted by Gasteiger charge is 2.38. The largest absolute Gasteiger partial charge is 0.355 e. The molecule has 2 aromatic rings. The van der Waals surface area contributed by atoms with Crippen LogP contribution in [0.3, 0.4) is 0 Å². The van der Waals surface area contributed by atoms with E-state index in [0.29, 0.717) is 12.1 Å². The number of amides is 1. The molecule has 2 unspecified atom stereocenters. The van der Waals surface area contributed by atoms with Crippen LogP contribution in [0, 0.1) is 0 Å². The van der Waals surface area contributed by atoms with Crippen LogP contribution in [-0.4, -0.2) is 36.0 Å². The number of carbonyl (C=O) groups excluding carboxylic acids is 1. The molecule has 0 aliphatic carbocycles. The summed E-state index contributed by atoms with van der Waals surface area (Å²) < 4.78 is 0. The number of hydrogen-bond acceptors (Lipinski definition) is 3. The summed E-state index contributed by atoms with van der Waals surface area (Å²) in [5, 5.41) is 6.86. The molecule has 2 atom stereocenters. The fourth-order valence-electron chi connectivity index (χ4n) is 3.91. The zero-order valence-electron chi connectivity index (χ0n) is 13.7. The topological polar surface area (TPSA) is 44.4 Å². The lowest BCUT2D eigenvalue weighted by Gasteiger charge is -2.28. The predicted molar refractivity (Wildman–Crippen MR) is 96.6 cm³/mol. The van der Waals surface area contributed by atoms with E-state index in [0.717, 1.165) is 49.3 Å². The maximum absolute atomic E-state index is 13.3. The zero-order valence-corrected chi connectivity index (χ0v) is 13.7. The molecule has 2 aliphatic heterocycles. The zero-order chi connectivity index (χ0) is 16.4. The Balaban J connectivity index is 1.63. The van der Waals surface area contributed by atoms with Gasteiger partial charge in [-0.25, -0.2) is 0 Å². The number of nitrogens with zero attached hydrogens (tertiary/aromatic N) is 1. The minimum atomic E-state index is 0.158. The molecule has 4 heteroatoms. The van der Waals surface area contributed by atoms with Crippen molar-refractivity contribution in [1.82, 2.24) is 10.2 Å². The summed E-state index contributed by atoms with van der Waals surface area (Å²) in [6, 6.07) is 18.6. The van der Waals surface area contributed by atoms with Gasteiger partial charge in [0.1, 0.15) is 0 Å². The Morgan fingerprint density at radius 3 is 2.58 bits per heavy atom. The molecule has 0 aromatic heterocycles. The Morgan fingerprint density at radius 1 is 0.958 bits per heavy atom. The molecule has 2 saturated heterocycles. The van der Waals surface area contributed by atoms with Gasteiger partial charge in [0, 0.05) is 24.3 Å². The van der Waals surface area contributed by atoms with E-state index in [9.17, 15) is 4.79 Å². The molecule has 2 heterocycles. The number of benzene rings is 2. The average Bonchev–Trinajstić information content (AvgIpc) is 2.88. The number of rotatable bonds is 3. The molecule has 2 aromatic carbocycles. The van der Waals surface area contributed by atoms with E-state index < -0.39 is 0 Å². The van der Waals surface area contributed by atoms with Gasteiger partial charge < -0.3 is 15.5 Å². The van der Waals surface area contributed by atoms with Crippen LogP contribution in [0.5, 0.6) is 0 Å². The molecule has 2 bridgehead atoms. The Labute approximate surface area is 142 Å². The first-order chi connectivity index (χ1) is 11.8. The number of anilines is 2. The maximum Gasteiger partial charge on any atom is 0.256 e. The fourth-order valence-corrected chi connectivity index (χ4v) is 3.91. The highest BCUT2D eigenvalue weighted by atomic mass is 16.2. The molecular weight excluding hydrogens is 298 g/mol. The van der Waals surface area contributed by atoms with Crippen molar-refractivity contribution in [2.24, 2.45) is 0 Å². The van der Waals surface area contributed by atoms with Gasteiger partial charge in [-0.05, 0) is 50.1 Å². The summed E-state index contributed by atoms with van der Waals surface area (Å²) in [5.74, 6) is 0.158. The third kappa shape index (κ3) is 2.89. The monoisotopic (exact) mass is 321 g/mol. The van der Waals surface area contributed by atoms with Gasteiger partial charge >= 0.3 is 0 Å². The van der Waals surface area contributed by atoms with Gasteiger partial charge in [0.2, 0.25) is 0 Å². The van der Waals surface area contributed by atoms with Gasteiger partial charge in [-0.15, -0.1) is 0 Å². The van der Waals surface area contributed by atoms with E-state index in [4.69, 9.17) is 0 Å². The van der Waals surface area contributed by atoms with Gasteiger partial charge in [-0.3, -0.25) is 4.79 Å². The summed E-state index contributed by atoms with van der Waals surface area (Å²) in [6.45, 7) is 1.92. The summed E-state index contributed by atoms with van der Waals surface area (Å²) in [4.78, 5) is 15.4. The van der Waals surface area contributed by atoms with Crippen LogP contribution in [0.25, 0.3) is 0 Å². The maximum atomic E-state index is 13.3. The SMILES string of the molecule is O=C(c1ccccc1Nc1ccccc1)N1C2CCNCC1CC2. The fraction of sp³-hybridized carbons (Fsp3) is 0.350. The van der Waals surface area contributed by atoms with Gasteiger partial charge in [-0.1, -0.05) is 30.3 Å². The number of hydrogen-bond donors (Lipinski definition) is 2. The van der Waals surface area contributed by atoms with Gasteiger partial charge in [-0.2, -0.15) is 0 Å². The third-order valence-corrected chi connectivity index (χ3v) is 5.10. The smallest absolute Gasteiger partial charge is 0.256 e. The van der Waals surface area contributed by atoms with Crippen molar-refractivity contribution in [2.45, 2.75) is 31.3 Å². The van der Waals surface area contributed by atoms with Crippen molar-refractivity contribution < 1.29 is 4.79 Å². The first-order valence-electron chi connectivity index (χ1n) is 8.77. The Morgan fingerprint density at radius 2 is 1.71 bits per heavy atom. The van der Waals surface area contributed by atoms with Crippen molar-refractivity contribution >= 4 is 17.3 Å². The summed E-state index contributed by atoms with van der Waals surface area (Å²) in [6.07, 6.45) is 3.29. The van der Waals surface area contributed by atoms with E-state index in [1.165, 1.54) is 0 Å². The van der Waals surface area contributed by atoms with Crippen LogP contribution < -0.4 is 10.6 Å². The minimum absolute atomic E-state index is 0.158. The standard InChI is InChI=1S/C20H23N3O/c24-20(23-16-10-11-17(23)14-21-13-12-16)18-8-4-5-9-19(18)22-15-6-2-1-3-7-15/h1-9,16-17,21-22H,10-14H2. The second-order valence-corrected chi connectivity index (χ2v) is 6.63. The molecule has 24 heavy (non-hydrogen) atoms. The lowest BCUT2D eigenvalue weighted by Crippen LogP contribution is -2.42. The van der Waals surface area contributed by atoms with E-state index in [1.54, 1.807) is 0 Å². The van der Waals surface area contributed by atoms with E-state index in [-0.39, 0.29) is 5.91 Å². The van der Waals surface area contributed by atoms with Gasteiger partial charge in [0.25, 0.3) is 5.91 Å². The lowest BCUT2D eigenvalue weighted by atomic mass is 10.1. The lowest BCUT2D eigenvalue weighted by molar-refractivity contribution is 0.0681. The summed E-state index contributed by atoms with van der Waals surface area (Å²) >= 11 is 0. The summed E-state index contributed by atoms with van der Waals surface area (Å²) in [7, 11) is 0. The van der Waals surface area contributed by atoms with Crippen molar-refractivity contribution in [3.05, 3.63) is 60.2 Å². The number of fused-ring (bicyclic) bond motifs is 2. The van der Waals surface area contributed by atoms with Crippen LogP contribution in [0.4, 0.5) is 11.4 Å². The van der Waals surface area contributed by atoms with E-state index in [2.05, 4.69) is 15.5 Å². The number of para-hydroxylation sites is 2. The van der Waals surface area contributed by atoms with Gasteiger partial charge in [0.15, 0.2) is 0 Å². The van der Waals surface area contributed by atoms with Crippen molar-refractivity contribution in [3.8, 4) is 0 Å². The predicted octanol–water partition coefficient (Wildman–Crippen LogP) is 3.40. The third-order valence-electron chi connectivity index (χ3n) is 5.10. The van der Waals surface area contributed by atoms with Crippen LogP contribution in [0.1, 0.15) is 29.6 Å². The number of nitrogens with one attached hydrogen (secondary N) is 2. The second kappa shape index (κ2) is 6.65. The Bertz CT molecular complexity index is 702. The molecule has 0 radical (unpaired) electrons. The highest BCUT2D eigenvalue weighted by molar-refractivity contribution is 6.00. The first-order valence-corrected chi connectivity index (χ1v) is 8.77. The van der Waals surface area contributed by atoms with Crippen molar-refractivity contribution in [3.63, 3.8) is 0 Å². The number of carbonyl (C=O) groups is 1.